The van der Waals surface area contributed by atoms with Crippen LogP contribution in [-0.2, 0) is 4.74 Å². The highest BCUT2D eigenvalue weighted by molar-refractivity contribution is 5.06. The lowest BCUT2D eigenvalue weighted by atomic mass is 9.82. The van der Waals surface area contributed by atoms with Gasteiger partial charge in [-0.3, -0.25) is 0 Å². The lowest BCUT2D eigenvalue weighted by molar-refractivity contribution is -0.0798. The third-order valence-electron chi connectivity index (χ3n) is 4.14. The molecule has 0 aliphatic carbocycles. The highest BCUT2D eigenvalue weighted by atomic mass is 19.3. The SMILES string of the molecule is CCCNC1C(CN(C)CC(F)F)C(C)(C)OC1(C)C. The van der Waals surface area contributed by atoms with Crippen LogP contribution in [0.1, 0.15) is 41.0 Å². The molecule has 120 valence electrons. The minimum atomic E-state index is -2.29. The van der Waals surface area contributed by atoms with Gasteiger partial charge in [0.2, 0.25) is 0 Å². The van der Waals surface area contributed by atoms with Crippen LogP contribution in [0.25, 0.3) is 0 Å². The van der Waals surface area contributed by atoms with Crippen molar-refractivity contribution >= 4 is 0 Å². The number of nitrogens with one attached hydrogen (secondary N) is 1. The molecule has 0 spiro atoms. The lowest BCUT2D eigenvalue weighted by Gasteiger charge is -2.33. The molecular weight excluding hydrogens is 262 g/mol. The first-order chi connectivity index (χ1) is 9.10. The van der Waals surface area contributed by atoms with Crippen molar-refractivity contribution in [2.75, 3.05) is 26.7 Å². The van der Waals surface area contributed by atoms with Gasteiger partial charge in [0.1, 0.15) is 0 Å². The molecule has 1 heterocycles. The zero-order valence-corrected chi connectivity index (χ0v) is 13.7. The largest absolute Gasteiger partial charge is 0.368 e. The van der Waals surface area contributed by atoms with Gasteiger partial charge < -0.3 is 15.0 Å². The Bertz CT molecular complexity index is 308. The van der Waals surface area contributed by atoms with Crippen molar-refractivity contribution in [2.45, 2.75) is 64.7 Å². The Balaban J connectivity index is 2.80. The molecule has 1 N–H and O–H groups in total. The van der Waals surface area contributed by atoms with E-state index in [0.717, 1.165) is 13.0 Å². The zero-order chi connectivity index (χ0) is 15.6. The Morgan fingerprint density at radius 1 is 1.20 bits per heavy atom. The maximum Gasteiger partial charge on any atom is 0.251 e. The predicted octanol–water partition coefficient (Wildman–Crippen LogP) is 2.76. The Kier molecular flexibility index (Phi) is 5.93. The molecule has 1 aliphatic rings. The summed E-state index contributed by atoms with van der Waals surface area (Å²) in [7, 11) is 1.75. The summed E-state index contributed by atoms with van der Waals surface area (Å²) < 4.78 is 31.2. The summed E-state index contributed by atoms with van der Waals surface area (Å²) in [4.78, 5) is 1.71. The van der Waals surface area contributed by atoms with Crippen LogP contribution in [0.5, 0.6) is 0 Å². The Morgan fingerprint density at radius 3 is 2.30 bits per heavy atom. The Labute approximate surface area is 122 Å². The van der Waals surface area contributed by atoms with E-state index < -0.39 is 6.43 Å². The molecule has 0 amide bonds. The van der Waals surface area contributed by atoms with Gasteiger partial charge in [0, 0.05) is 18.5 Å². The van der Waals surface area contributed by atoms with Gasteiger partial charge in [-0.05, 0) is 47.7 Å². The number of hydrogen-bond acceptors (Lipinski definition) is 3. The van der Waals surface area contributed by atoms with Crippen molar-refractivity contribution in [3.63, 3.8) is 0 Å². The zero-order valence-electron chi connectivity index (χ0n) is 13.7. The average molecular weight is 292 g/mol. The fraction of sp³-hybridized carbons (Fsp3) is 1.00. The van der Waals surface area contributed by atoms with Crippen LogP contribution in [0, 0.1) is 5.92 Å². The van der Waals surface area contributed by atoms with Crippen LogP contribution in [-0.4, -0.2) is 55.3 Å². The number of hydrogen-bond donors (Lipinski definition) is 1. The topological polar surface area (TPSA) is 24.5 Å². The smallest absolute Gasteiger partial charge is 0.251 e. The second-order valence-corrected chi connectivity index (χ2v) is 6.96. The van der Waals surface area contributed by atoms with E-state index in [9.17, 15) is 8.78 Å². The van der Waals surface area contributed by atoms with E-state index >= 15 is 0 Å². The molecule has 0 saturated carbocycles. The molecular formula is C15H30F2N2O. The fourth-order valence-electron chi connectivity index (χ4n) is 3.36. The first-order valence-corrected chi connectivity index (χ1v) is 7.50. The van der Waals surface area contributed by atoms with Crippen molar-refractivity contribution < 1.29 is 13.5 Å². The molecule has 1 fully saturated rings. The number of halogens is 2. The quantitative estimate of drug-likeness (QED) is 0.781. The number of alkyl halides is 2. The van der Waals surface area contributed by atoms with Crippen LogP contribution in [0.15, 0.2) is 0 Å². The fourth-order valence-corrected chi connectivity index (χ4v) is 3.36. The van der Waals surface area contributed by atoms with Crippen LogP contribution in [0.2, 0.25) is 0 Å². The first-order valence-electron chi connectivity index (χ1n) is 7.50. The molecule has 0 aromatic rings. The second kappa shape index (κ2) is 6.67. The lowest BCUT2D eigenvalue weighted by Crippen LogP contribution is -2.51. The van der Waals surface area contributed by atoms with E-state index in [4.69, 9.17) is 4.74 Å². The number of ether oxygens (including phenoxy) is 1. The van der Waals surface area contributed by atoms with Gasteiger partial charge >= 0.3 is 0 Å². The third-order valence-corrected chi connectivity index (χ3v) is 4.14. The van der Waals surface area contributed by atoms with Gasteiger partial charge in [0.25, 0.3) is 6.43 Å². The molecule has 0 aromatic heterocycles. The van der Waals surface area contributed by atoms with E-state index in [2.05, 4.69) is 39.9 Å². The summed E-state index contributed by atoms with van der Waals surface area (Å²) in [6, 6.07) is 0.178. The molecule has 5 heteroatoms. The average Bonchev–Trinajstić information content (AvgIpc) is 2.40. The van der Waals surface area contributed by atoms with Crippen molar-refractivity contribution in [3.05, 3.63) is 0 Å². The molecule has 2 unspecified atom stereocenters. The molecule has 0 bridgehead atoms. The van der Waals surface area contributed by atoms with Crippen molar-refractivity contribution in [1.29, 1.82) is 0 Å². The summed E-state index contributed by atoms with van der Waals surface area (Å²) in [5.41, 5.74) is -0.597. The maximum absolute atomic E-state index is 12.5. The number of nitrogens with zero attached hydrogens (tertiary/aromatic N) is 1. The molecule has 0 aromatic carbocycles. The summed E-state index contributed by atoms with van der Waals surface area (Å²) in [5, 5.41) is 3.55. The summed E-state index contributed by atoms with van der Waals surface area (Å²) in [6.07, 6.45) is -1.24. The van der Waals surface area contributed by atoms with Gasteiger partial charge in [-0.1, -0.05) is 6.92 Å². The van der Waals surface area contributed by atoms with Crippen molar-refractivity contribution in [2.24, 2.45) is 5.92 Å². The van der Waals surface area contributed by atoms with Crippen LogP contribution < -0.4 is 5.32 Å². The molecule has 1 rings (SSSR count). The van der Waals surface area contributed by atoms with Crippen LogP contribution in [0.4, 0.5) is 8.78 Å². The van der Waals surface area contributed by atoms with Crippen molar-refractivity contribution in [1.82, 2.24) is 10.2 Å². The highest BCUT2D eigenvalue weighted by Gasteiger charge is 2.53. The molecule has 3 nitrogen and oxygen atoms in total. The minimum Gasteiger partial charge on any atom is -0.368 e. The first kappa shape index (κ1) is 17.8. The molecule has 1 aliphatic heterocycles. The predicted molar refractivity (Wildman–Crippen MR) is 78.3 cm³/mol. The van der Waals surface area contributed by atoms with Gasteiger partial charge in [-0.2, -0.15) is 0 Å². The van der Waals surface area contributed by atoms with E-state index in [0.29, 0.717) is 6.54 Å². The van der Waals surface area contributed by atoms with E-state index in [1.165, 1.54) is 0 Å². The molecule has 20 heavy (non-hydrogen) atoms. The normalized spacial score (nSPS) is 28.5. The molecule has 0 radical (unpaired) electrons. The Morgan fingerprint density at radius 2 is 1.80 bits per heavy atom. The van der Waals surface area contributed by atoms with Crippen molar-refractivity contribution in [3.8, 4) is 0 Å². The van der Waals surface area contributed by atoms with Crippen LogP contribution in [0.3, 0.4) is 0 Å². The van der Waals surface area contributed by atoms with Gasteiger partial charge in [-0.25, -0.2) is 8.78 Å². The summed E-state index contributed by atoms with van der Waals surface area (Å²) in [5.74, 6) is 0.188. The highest BCUT2D eigenvalue weighted by Crippen LogP contribution is 2.42. The summed E-state index contributed by atoms with van der Waals surface area (Å²) >= 11 is 0. The standard InChI is InChI=1S/C15H30F2N2O/c1-7-8-18-13-11(9-19(6)10-12(16)17)14(2,3)20-15(13,4)5/h11-13,18H,7-10H2,1-6H3. The van der Waals surface area contributed by atoms with E-state index in [1.54, 1.807) is 11.9 Å². The van der Waals surface area contributed by atoms with Gasteiger partial charge in [0.15, 0.2) is 0 Å². The van der Waals surface area contributed by atoms with Crippen LogP contribution >= 0.6 is 0 Å². The third kappa shape index (κ3) is 4.37. The Hall–Kier alpha value is -0.260. The van der Waals surface area contributed by atoms with Gasteiger partial charge in [0.05, 0.1) is 17.7 Å². The molecule has 1 saturated heterocycles. The second-order valence-electron chi connectivity index (χ2n) is 6.96. The number of rotatable bonds is 7. The van der Waals surface area contributed by atoms with E-state index in [-0.39, 0.29) is 29.7 Å². The van der Waals surface area contributed by atoms with Gasteiger partial charge in [-0.15, -0.1) is 0 Å². The monoisotopic (exact) mass is 292 g/mol. The maximum atomic E-state index is 12.5. The summed E-state index contributed by atoms with van der Waals surface area (Å²) in [6.45, 7) is 11.7. The van der Waals surface area contributed by atoms with E-state index in [1.807, 2.05) is 0 Å². The minimum absolute atomic E-state index is 0.178. The molecule has 2 atom stereocenters.